The van der Waals surface area contributed by atoms with Gasteiger partial charge in [-0.2, -0.15) is 0 Å². The van der Waals surface area contributed by atoms with Crippen molar-refractivity contribution in [2.45, 2.75) is 0 Å². The third-order valence-corrected chi connectivity index (χ3v) is 3.35. The molecule has 0 heterocycles. The van der Waals surface area contributed by atoms with E-state index in [1.54, 1.807) is 24.3 Å². The first kappa shape index (κ1) is 12.9. The van der Waals surface area contributed by atoms with E-state index >= 15 is 0 Å². The molecule has 2 aromatic carbocycles. The molecule has 2 aromatic rings. The van der Waals surface area contributed by atoms with Crippen LogP contribution in [-0.2, 0) is 0 Å². The van der Waals surface area contributed by atoms with Crippen molar-refractivity contribution in [2.75, 3.05) is 0 Å². The fourth-order valence-corrected chi connectivity index (χ4v) is 2.29. The largest absolute Gasteiger partial charge is 0.289 e. The van der Waals surface area contributed by atoms with Crippen LogP contribution in [0.25, 0.3) is 5.57 Å². The normalized spacial score (nSPS) is 13.6. The van der Waals surface area contributed by atoms with Crippen molar-refractivity contribution in [3.63, 3.8) is 0 Å². The highest BCUT2D eigenvalue weighted by atomic mass is 16.6. The van der Waals surface area contributed by atoms with E-state index in [0.717, 1.165) is 0 Å². The molecule has 0 unspecified atom stereocenters. The van der Waals surface area contributed by atoms with Crippen LogP contribution < -0.4 is 0 Å². The molecule has 3 rings (SSSR count). The maximum absolute atomic E-state index is 12.4. The van der Waals surface area contributed by atoms with Crippen molar-refractivity contribution in [3.8, 4) is 0 Å². The summed E-state index contributed by atoms with van der Waals surface area (Å²) in [5.74, 6) is -0.488. The molecule has 0 bridgehead atoms. The van der Waals surface area contributed by atoms with Crippen molar-refractivity contribution in [2.24, 2.45) is 0 Å². The summed E-state index contributed by atoms with van der Waals surface area (Å²) >= 11 is 0. The molecule has 102 valence electrons. The molecule has 0 atom stereocenters. The SMILES string of the molecule is O=C1C=C(c2ccc([N+](=O)[O-])cc2)C(=O)c2ccccc21. The molecule has 0 N–H and O–H groups in total. The molecule has 1 aliphatic carbocycles. The number of carbonyl (C=O) groups is 2. The Morgan fingerprint density at radius 1 is 0.857 bits per heavy atom. The van der Waals surface area contributed by atoms with Gasteiger partial charge in [-0.1, -0.05) is 24.3 Å². The van der Waals surface area contributed by atoms with Gasteiger partial charge in [0.15, 0.2) is 11.6 Å². The third kappa shape index (κ3) is 2.14. The van der Waals surface area contributed by atoms with Crippen molar-refractivity contribution < 1.29 is 14.5 Å². The molecule has 5 nitrogen and oxygen atoms in total. The number of nitro benzene ring substituents is 1. The minimum Gasteiger partial charge on any atom is -0.289 e. The molecule has 1 aliphatic rings. The van der Waals surface area contributed by atoms with E-state index in [0.29, 0.717) is 16.7 Å². The number of nitrogens with zero attached hydrogens (tertiary/aromatic N) is 1. The molecule has 0 fully saturated rings. The molecule has 0 aliphatic heterocycles. The van der Waals surface area contributed by atoms with Crippen LogP contribution in [-0.4, -0.2) is 16.5 Å². The number of allylic oxidation sites excluding steroid dienone is 2. The average molecular weight is 279 g/mol. The van der Waals surface area contributed by atoms with Crippen molar-refractivity contribution in [1.82, 2.24) is 0 Å². The number of carbonyl (C=O) groups excluding carboxylic acids is 2. The van der Waals surface area contributed by atoms with E-state index < -0.39 is 4.92 Å². The van der Waals surface area contributed by atoms with Crippen LogP contribution in [0.3, 0.4) is 0 Å². The number of benzene rings is 2. The highest BCUT2D eigenvalue weighted by Gasteiger charge is 2.26. The average Bonchev–Trinajstić information content (AvgIpc) is 2.51. The van der Waals surface area contributed by atoms with E-state index in [1.807, 2.05) is 0 Å². The molecular weight excluding hydrogens is 270 g/mol. The zero-order valence-electron chi connectivity index (χ0n) is 10.8. The van der Waals surface area contributed by atoms with Crippen LogP contribution in [0.4, 0.5) is 5.69 Å². The summed E-state index contributed by atoms with van der Waals surface area (Å²) in [6, 6.07) is 12.2. The maximum atomic E-state index is 12.4. The number of fused-ring (bicyclic) bond motifs is 1. The predicted molar refractivity (Wildman–Crippen MR) is 76.2 cm³/mol. The summed E-state index contributed by atoms with van der Waals surface area (Å²) in [5.41, 5.74) is 1.43. The lowest BCUT2D eigenvalue weighted by atomic mass is 9.86. The Labute approximate surface area is 119 Å². The second kappa shape index (κ2) is 4.79. The standard InChI is InChI=1S/C16H9NO4/c18-15-9-14(10-5-7-11(8-6-10)17(20)21)16(19)13-4-2-1-3-12(13)15/h1-9H. The van der Waals surface area contributed by atoms with Crippen LogP contribution in [0.5, 0.6) is 0 Å². The quantitative estimate of drug-likeness (QED) is 0.625. The van der Waals surface area contributed by atoms with Gasteiger partial charge in [0.2, 0.25) is 0 Å². The molecule has 0 saturated carbocycles. The summed E-state index contributed by atoms with van der Waals surface area (Å²) in [4.78, 5) is 34.6. The van der Waals surface area contributed by atoms with E-state index in [2.05, 4.69) is 0 Å². The number of non-ortho nitro benzene ring substituents is 1. The molecule has 0 radical (unpaired) electrons. The monoisotopic (exact) mass is 279 g/mol. The van der Waals surface area contributed by atoms with Crippen LogP contribution in [0.2, 0.25) is 0 Å². The number of Topliss-reactive ketones (excluding diaryl/α,β-unsaturated/α-hetero) is 1. The van der Waals surface area contributed by atoms with Crippen LogP contribution in [0.15, 0.2) is 54.6 Å². The summed E-state index contributed by atoms with van der Waals surface area (Å²) in [6.07, 6.45) is 1.28. The number of hydrogen-bond acceptors (Lipinski definition) is 4. The molecule has 0 aromatic heterocycles. The predicted octanol–water partition coefficient (Wildman–Crippen LogP) is 3.06. The fraction of sp³-hybridized carbons (Fsp3) is 0. The van der Waals surface area contributed by atoms with Crippen molar-refractivity contribution >= 4 is 22.8 Å². The van der Waals surface area contributed by atoms with Gasteiger partial charge < -0.3 is 0 Å². The Morgan fingerprint density at radius 3 is 2.10 bits per heavy atom. The Bertz CT molecular complexity index is 803. The lowest BCUT2D eigenvalue weighted by molar-refractivity contribution is -0.384. The highest BCUT2D eigenvalue weighted by molar-refractivity contribution is 6.38. The van der Waals surface area contributed by atoms with Gasteiger partial charge in [0.05, 0.1) is 4.92 Å². The van der Waals surface area contributed by atoms with Gasteiger partial charge in [0, 0.05) is 28.8 Å². The van der Waals surface area contributed by atoms with Crippen LogP contribution in [0, 0.1) is 10.1 Å². The van der Waals surface area contributed by atoms with Crippen LogP contribution >= 0.6 is 0 Å². The van der Waals surface area contributed by atoms with Gasteiger partial charge in [-0.05, 0) is 23.8 Å². The van der Waals surface area contributed by atoms with Gasteiger partial charge in [-0.25, -0.2) is 0 Å². The van der Waals surface area contributed by atoms with Crippen LogP contribution in [0.1, 0.15) is 26.3 Å². The summed E-state index contributed by atoms with van der Waals surface area (Å²) in [7, 11) is 0. The second-order valence-electron chi connectivity index (χ2n) is 4.60. The van der Waals surface area contributed by atoms with E-state index in [4.69, 9.17) is 0 Å². The zero-order valence-corrected chi connectivity index (χ0v) is 10.8. The minimum absolute atomic E-state index is 0.0608. The number of nitro groups is 1. The van der Waals surface area contributed by atoms with Gasteiger partial charge in [-0.3, -0.25) is 19.7 Å². The fourth-order valence-electron chi connectivity index (χ4n) is 2.29. The van der Waals surface area contributed by atoms with Gasteiger partial charge in [0.1, 0.15) is 0 Å². The number of rotatable bonds is 2. The molecule has 0 saturated heterocycles. The van der Waals surface area contributed by atoms with Gasteiger partial charge >= 0.3 is 0 Å². The second-order valence-corrected chi connectivity index (χ2v) is 4.60. The smallest absolute Gasteiger partial charge is 0.269 e. The Kier molecular flexibility index (Phi) is 2.95. The first-order valence-electron chi connectivity index (χ1n) is 6.22. The first-order valence-corrected chi connectivity index (χ1v) is 6.22. The van der Waals surface area contributed by atoms with E-state index in [9.17, 15) is 19.7 Å². The summed E-state index contributed by atoms with van der Waals surface area (Å²) in [5, 5.41) is 10.6. The molecule has 21 heavy (non-hydrogen) atoms. The number of hydrogen-bond donors (Lipinski definition) is 0. The molecular formula is C16H9NO4. The highest BCUT2D eigenvalue weighted by Crippen LogP contribution is 2.28. The minimum atomic E-state index is -0.513. The lowest BCUT2D eigenvalue weighted by Gasteiger charge is -2.14. The number of ketones is 2. The summed E-state index contributed by atoms with van der Waals surface area (Å²) < 4.78 is 0. The molecule has 0 amide bonds. The summed E-state index contributed by atoms with van der Waals surface area (Å²) in [6.45, 7) is 0. The molecule has 0 spiro atoms. The van der Waals surface area contributed by atoms with E-state index in [-0.39, 0.29) is 22.8 Å². The third-order valence-electron chi connectivity index (χ3n) is 3.35. The maximum Gasteiger partial charge on any atom is 0.269 e. The van der Waals surface area contributed by atoms with Gasteiger partial charge in [-0.15, -0.1) is 0 Å². The topological polar surface area (TPSA) is 77.3 Å². The van der Waals surface area contributed by atoms with E-state index in [1.165, 1.54) is 30.3 Å². The Hall–Kier alpha value is -3.08. The van der Waals surface area contributed by atoms with Gasteiger partial charge in [0.25, 0.3) is 5.69 Å². The Morgan fingerprint density at radius 2 is 1.48 bits per heavy atom. The van der Waals surface area contributed by atoms with Crippen molar-refractivity contribution in [3.05, 3.63) is 81.4 Å². The van der Waals surface area contributed by atoms with Crippen molar-refractivity contribution in [1.29, 1.82) is 0 Å². The Balaban J connectivity index is 2.06. The lowest BCUT2D eigenvalue weighted by Crippen LogP contribution is -2.15. The molecule has 5 heteroatoms. The zero-order chi connectivity index (χ0) is 15.0. The first-order chi connectivity index (χ1) is 10.1.